The minimum absolute atomic E-state index is 0.220. The van der Waals surface area contributed by atoms with Crippen molar-refractivity contribution in [3.63, 3.8) is 0 Å². The molecule has 0 aliphatic carbocycles. The van der Waals surface area contributed by atoms with E-state index in [4.69, 9.17) is 0 Å². The number of halogens is 1. The average Bonchev–Trinajstić information content (AvgIpc) is 2.80. The first-order chi connectivity index (χ1) is 9.24. The van der Waals surface area contributed by atoms with Gasteiger partial charge in [-0.15, -0.1) is 0 Å². The Morgan fingerprint density at radius 1 is 1.32 bits per heavy atom. The summed E-state index contributed by atoms with van der Waals surface area (Å²) in [5.41, 5.74) is 2.02. The van der Waals surface area contributed by atoms with E-state index in [1.165, 1.54) is 6.07 Å². The van der Waals surface area contributed by atoms with Crippen molar-refractivity contribution in [1.29, 1.82) is 0 Å². The van der Waals surface area contributed by atoms with Gasteiger partial charge in [-0.2, -0.15) is 0 Å². The lowest BCUT2D eigenvalue weighted by molar-refractivity contribution is -0.133. The van der Waals surface area contributed by atoms with Crippen molar-refractivity contribution in [2.75, 3.05) is 13.1 Å². The summed E-state index contributed by atoms with van der Waals surface area (Å²) in [4.78, 5) is 16.8. The highest BCUT2D eigenvalue weighted by molar-refractivity contribution is 5.83. The third kappa shape index (κ3) is 2.48. The van der Waals surface area contributed by atoms with Crippen molar-refractivity contribution in [2.24, 2.45) is 0 Å². The van der Waals surface area contributed by atoms with Crippen LogP contribution in [-0.2, 0) is 11.2 Å². The maximum absolute atomic E-state index is 13.3. The molecule has 3 nitrogen and oxygen atoms in total. The van der Waals surface area contributed by atoms with E-state index in [1.807, 2.05) is 11.1 Å². The van der Waals surface area contributed by atoms with E-state index in [1.54, 1.807) is 12.1 Å². The molecule has 1 fully saturated rings. The largest absolute Gasteiger partial charge is 0.361 e. The summed E-state index contributed by atoms with van der Waals surface area (Å²) in [5, 5.41) is 0.921. The van der Waals surface area contributed by atoms with Crippen molar-refractivity contribution >= 4 is 16.8 Å². The van der Waals surface area contributed by atoms with Crippen LogP contribution in [0.25, 0.3) is 10.9 Å². The van der Waals surface area contributed by atoms with Gasteiger partial charge in [-0.05, 0) is 43.0 Å². The molecule has 0 bridgehead atoms. The maximum atomic E-state index is 13.3. The summed E-state index contributed by atoms with van der Waals surface area (Å²) in [6, 6.07) is 4.76. The van der Waals surface area contributed by atoms with Crippen molar-refractivity contribution in [3.05, 3.63) is 35.8 Å². The Morgan fingerprint density at radius 3 is 3.05 bits per heavy atom. The molecule has 19 heavy (non-hydrogen) atoms. The van der Waals surface area contributed by atoms with Crippen LogP contribution < -0.4 is 0 Å². The molecule has 4 heteroatoms. The van der Waals surface area contributed by atoms with Gasteiger partial charge in [-0.3, -0.25) is 4.79 Å². The van der Waals surface area contributed by atoms with Crippen molar-refractivity contribution < 1.29 is 9.18 Å². The monoisotopic (exact) mass is 260 g/mol. The fraction of sp³-hybridized carbons (Fsp3) is 0.400. The normalized spacial score (nSPS) is 16.3. The van der Waals surface area contributed by atoms with Gasteiger partial charge in [-0.1, -0.05) is 0 Å². The molecule has 0 radical (unpaired) electrons. The highest BCUT2D eigenvalue weighted by atomic mass is 19.1. The van der Waals surface area contributed by atoms with Gasteiger partial charge in [0.15, 0.2) is 0 Å². The number of aromatic amines is 1. The predicted molar refractivity (Wildman–Crippen MR) is 72.4 cm³/mol. The second-order valence-corrected chi connectivity index (χ2v) is 5.09. The topological polar surface area (TPSA) is 36.1 Å². The van der Waals surface area contributed by atoms with Crippen LogP contribution in [0, 0.1) is 5.82 Å². The van der Waals surface area contributed by atoms with Gasteiger partial charge in [0.1, 0.15) is 5.82 Å². The molecular weight excluding hydrogens is 243 g/mol. The van der Waals surface area contributed by atoms with E-state index >= 15 is 0 Å². The standard InChI is InChI=1S/C15H17FN2O/c16-12-4-5-14-13(9-12)11(10-17-14)6-8-18-7-2-1-3-15(18)19/h4-5,9-10,17H,1-3,6-8H2. The van der Waals surface area contributed by atoms with Gasteiger partial charge >= 0.3 is 0 Å². The summed E-state index contributed by atoms with van der Waals surface area (Å²) >= 11 is 0. The van der Waals surface area contributed by atoms with E-state index in [0.717, 1.165) is 48.8 Å². The number of nitrogens with zero attached hydrogens (tertiary/aromatic N) is 1. The molecular formula is C15H17FN2O. The first-order valence-corrected chi connectivity index (χ1v) is 6.77. The number of likely N-dealkylation sites (tertiary alicyclic amines) is 1. The number of rotatable bonds is 3. The van der Waals surface area contributed by atoms with Gasteiger partial charge < -0.3 is 9.88 Å². The maximum Gasteiger partial charge on any atom is 0.222 e. The number of benzene rings is 1. The highest BCUT2D eigenvalue weighted by Crippen LogP contribution is 2.20. The lowest BCUT2D eigenvalue weighted by Gasteiger charge is -2.26. The fourth-order valence-corrected chi connectivity index (χ4v) is 2.71. The number of fused-ring (bicyclic) bond motifs is 1. The quantitative estimate of drug-likeness (QED) is 0.905. The molecule has 3 rings (SSSR count). The zero-order valence-electron chi connectivity index (χ0n) is 10.8. The van der Waals surface area contributed by atoms with Crippen LogP contribution >= 0.6 is 0 Å². The Hall–Kier alpha value is -1.84. The summed E-state index contributed by atoms with van der Waals surface area (Å²) in [6.45, 7) is 1.58. The Balaban J connectivity index is 1.74. The number of H-pyrrole nitrogens is 1. The number of hydrogen-bond donors (Lipinski definition) is 1. The minimum atomic E-state index is -0.220. The summed E-state index contributed by atoms with van der Waals surface area (Å²) in [5.74, 6) is 0.0275. The van der Waals surface area contributed by atoms with Crippen molar-refractivity contribution in [1.82, 2.24) is 9.88 Å². The summed E-state index contributed by atoms with van der Waals surface area (Å²) < 4.78 is 13.3. The molecule has 0 atom stereocenters. The molecule has 1 amide bonds. The van der Waals surface area contributed by atoms with E-state index in [2.05, 4.69) is 4.98 Å². The average molecular weight is 260 g/mol. The number of carbonyl (C=O) groups excluding carboxylic acids is 1. The minimum Gasteiger partial charge on any atom is -0.361 e. The second-order valence-electron chi connectivity index (χ2n) is 5.09. The summed E-state index contributed by atoms with van der Waals surface area (Å²) in [7, 11) is 0. The molecule has 2 heterocycles. The van der Waals surface area contributed by atoms with E-state index < -0.39 is 0 Å². The fourth-order valence-electron chi connectivity index (χ4n) is 2.71. The van der Waals surface area contributed by atoms with Crippen molar-refractivity contribution in [2.45, 2.75) is 25.7 Å². The third-order valence-electron chi connectivity index (χ3n) is 3.80. The van der Waals surface area contributed by atoms with Gasteiger partial charge in [0.2, 0.25) is 5.91 Å². The van der Waals surface area contributed by atoms with Gasteiger partial charge in [-0.25, -0.2) is 4.39 Å². The van der Waals surface area contributed by atoms with Gasteiger partial charge in [0, 0.05) is 36.6 Å². The predicted octanol–water partition coefficient (Wildman–Crippen LogP) is 2.86. The molecule has 1 aromatic carbocycles. The number of aromatic nitrogens is 1. The van der Waals surface area contributed by atoms with E-state index in [9.17, 15) is 9.18 Å². The highest BCUT2D eigenvalue weighted by Gasteiger charge is 2.17. The zero-order valence-corrected chi connectivity index (χ0v) is 10.8. The van der Waals surface area contributed by atoms with Crippen LogP contribution in [0.4, 0.5) is 4.39 Å². The number of nitrogens with one attached hydrogen (secondary N) is 1. The van der Waals surface area contributed by atoms with Gasteiger partial charge in [0.05, 0.1) is 0 Å². The van der Waals surface area contributed by atoms with E-state index in [-0.39, 0.29) is 11.7 Å². The smallest absolute Gasteiger partial charge is 0.222 e. The molecule has 1 aromatic heterocycles. The summed E-state index contributed by atoms with van der Waals surface area (Å²) in [6.07, 6.45) is 5.46. The number of carbonyl (C=O) groups is 1. The molecule has 100 valence electrons. The van der Waals surface area contributed by atoms with Crippen LogP contribution in [0.2, 0.25) is 0 Å². The Bertz CT molecular complexity index is 605. The first kappa shape index (κ1) is 12.2. The molecule has 1 N–H and O–H groups in total. The van der Waals surface area contributed by atoms with E-state index in [0.29, 0.717) is 6.42 Å². The number of hydrogen-bond acceptors (Lipinski definition) is 1. The molecule has 1 aliphatic rings. The lowest BCUT2D eigenvalue weighted by atomic mass is 10.1. The molecule has 1 saturated heterocycles. The number of amides is 1. The van der Waals surface area contributed by atoms with Crippen LogP contribution in [0.1, 0.15) is 24.8 Å². The Morgan fingerprint density at radius 2 is 2.21 bits per heavy atom. The molecule has 0 saturated carbocycles. The molecule has 1 aliphatic heterocycles. The SMILES string of the molecule is O=C1CCCCN1CCc1c[nH]c2ccc(F)cc12. The third-order valence-corrected chi connectivity index (χ3v) is 3.80. The number of piperidine rings is 1. The Labute approximate surface area is 111 Å². The van der Waals surface area contributed by atoms with Crippen LogP contribution in [0.3, 0.4) is 0 Å². The lowest BCUT2D eigenvalue weighted by Crippen LogP contribution is -2.36. The van der Waals surface area contributed by atoms with Crippen LogP contribution in [-0.4, -0.2) is 28.9 Å². The molecule has 0 unspecified atom stereocenters. The zero-order chi connectivity index (χ0) is 13.2. The first-order valence-electron chi connectivity index (χ1n) is 6.77. The van der Waals surface area contributed by atoms with Gasteiger partial charge in [0.25, 0.3) is 0 Å². The second kappa shape index (κ2) is 5.03. The van der Waals surface area contributed by atoms with Crippen molar-refractivity contribution in [3.8, 4) is 0 Å². The Kier molecular flexibility index (Phi) is 3.23. The molecule has 2 aromatic rings. The molecule has 0 spiro atoms. The van der Waals surface area contributed by atoms with Crippen LogP contribution in [0.15, 0.2) is 24.4 Å². The van der Waals surface area contributed by atoms with Crippen LogP contribution in [0.5, 0.6) is 0 Å².